The number of nitrogens with one attached hydrogen (secondary N) is 1. The molecule has 2 nitrogen and oxygen atoms in total. The standard InChI is InChI=1S/C8H6Cl2FNO/c1-4(13)12-8-3-5(9)7(11)2-6(8)10/h2-3H,1H3,(H,12,13). The highest BCUT2D eigenvalue weighted by Crippen LogP contribution is 2.27. The number of amides is 1. The summed E-state index contributed by atoms with van der Waals surface area (Å²) in [5, 5.41) is 2.47. The van der Waals surface area contributed by atoms with Gasteiger partial charge in [0, 0.05) is 6.92 Å². The van der Waals surface area contributed by atoms with Crippen LogP contribution in [0.5, 0.6) is 0 Å². The number of benzene rings is 1. The quantitative estimate of drug-likeness (QED) is 0.726. The SMILES string of the molecule is CC(=O)Nc1cc(Cl)c(F)cc1Cl. The molecule has 70 valence electrons. The summed E-state index contributed by atoms with van der Waals surface area (Å²) in [7, 11) is 0. The van der Waals surface area contributed by atoms with Crippen molar-refractivity contribution in [2.45, 2.75) is 6.92 Å². The van der Waals surface area contributed by atoms with Crippen LogP contribution < -0.4 is 5.32 Å². The van der Waals surface area contributed by atoms with Gasteiger partial charge >= 0.3 is 0 Å². The lowest BCUT2D eigenvalue weighted by Gasteiger charge is -2.05. The summed E-state index contributed by atoms with van der Waals surface area (Å²) in [6.07, 6.45) is 0. The first-order chi connectivity index (χ1) is 6.00. The van der Waals surface area contributed by atoms with Crippen molar-refractivity contribution in [2.75, 3.05) is 5.32 Å². The maximum Gasteiger partial charge on any atom is 0.221 e. The molecule has 0 fully saturated rings. The van der Waals surface area contributed by atoms with Crippen molar-refractivity contribution in [3.63, 3.8) is 0 Å². The van der Waals surface area contributed by atoms with Crippen molar-refractivity contribution >= 4 is 34.8 Å². The van der Waals surface area contributed by atoms with Crippen molar-refractivity contribution in [3.05, 3.63) is 28.0 Å². The predicted molar refractivity (Wildman–Crippen MR) is 50.7 cm³/mol. The van der Waals surface area contributed by atoms with Crippen LogP contribution in [-0.4, -0.2) is 5.91 Å². The van der Waals surface area contributed by atoms with Crippen LogP contribution >= 0.6 is 23.2 Å². The fourth-order valence-electron chi connectivity index (χ4n) is 0.808. The van der Waals surface area contributed by atoms with Crippen LogP contribution in [0.15, 0.2) is 12.1 Å². The minimum absolute atomic E-state index is 0.0758. The molecule has 0 saturated carbocycles. The molecule has 0 heterocycles. The Morgan fingerprint density at radius 2 is 2.00 bits per heavy atom. The van der Waals surface area contributed by atoms with E-state index in [2.05, 4.69) is 5.32 Å². The van der Waals surface area contributed by atoms with Crippen LogP contribution in [0.2, 0.25) is 10.0 Å². The Hall–Kier alpha value is -0.800. The lowest BCUT2D eigenvalue weighted by atomic mass is 10.3. The maximum absolute atomic E-state index is 12.8. The highest BCUT2D eigenvalue weighted by Gasteiger charge is 2.07. The average molecular weight is 222 g/mol. The molecule has 1 rings (SSSR count). The van der Waals surface area contributed by atoms with Crippen LogP contribution in [-0.2, 0) is 4.79 Å². The molecule has 1 aromatic rings. The van der Waals surface area contributed by atoms with Gasteiger partial charge in [0.15, 0.2) is 0 Å². The Balaban J connectivity index is 3.08. The summed E-state index contributed by atoms with van der Waals surface area (Å²) in [6.45, 7) is 1.33. The molecule has 0 bridgehead atoms. The minimum atomic E-state index is -0.610. The zero-order valence-corrected chi connectivity index (χ0v) is 8.21. The van der Waals surface area contributed by atoms with Crippen LogP contribution in [0.3, 0.4) is 0 Å². The minimum Gasteiger partial charge on any atom is -0.325 e. The number of hydrogen-bond donors (Lipinski definition) is 1. The van der Waals surface area contributed by atoms with Crippen molar-refractivity contribution in [3.8, 4) is 0 Å². The predicted octanol–water partition coefficient (Wildman–Crippen LogP) is 3.09. The second-order valence-corrected chi connectivity index (χ2v) is 3.24. The van der Waals surface area contributed by atoms with E-state index in [9.17, 15) is 9.18 Å². The normalized spacial score (nSPS) is 9.85. The lowest BCUT2D eigenvalue weighted by Crippen LogP contribution is -2.06. The van der Waals surface area contributed by atoms with Crippen LogP contribution in [0, 0.1) is 5.82 Å². The van der Waals surface area contributed by atoms with Crippen LogP contribution in [0.1, 0.15) is 6.92 Å². The summed E-state index contributed by atoms with van der Waals surface area (Å²) in [5.74, 6) is -0.898. The van der Waals surface area contributed by atoms with Gasteiger partial charge in [-0.3, -0.25) is 4.79 Å². The van der Waals surface area contributed by atoms with Crippen LogP contribution in [0.25, 0.3) is 0 Å². The lowest BCUT2D eigenvalue weighted by molar-refractivity contribution is -0.114. The molecule has 0 saturated heterocycles. The van der Waals surface area contributed by atoms with Crippen LogP contribution in [0.4, 0.5) is 10.1 Å². The van der Waals surface area contributed by atoms with Gasteiger partial charge in [-0.1, -0.05) is 23.2 Å². The van der Waals surface area contributed by atoms with E-state index >= 15 is 0 Å². The topological polar surface area (TPSA) is 29.1 Å². The van der Waals surface area contributed by atoms with E-state index in [1.807, 2.05) is 0 Å². The van der Waals surface area contributed by atoms with Gasteiger partial charge in [0.2, 0.25) is 5.91 Å². The van der Waals surface area contributed by atoms with Gasteiger partial charge in [0.25, 0.3) is 0 Å². The number of carbonyl (C=O) groups excluding carboxylic acids is 1. The molecule has 1 amide bonds. The van der Waals surface area contributed by atoms with Crippen molar-refractivity contribution in [1.29, 1.82) is 0 Å². The van der Waals surface area contributed by atoms with Gasteiger partial charge in [0.05, 0.1) is 15.7 Å². The zero-order chi connectivity index (χ0) is 10.0. The molecule has 13 heavy (non-hydrogen) atoms. The molecule has 1 aromatic carbocycles. The van der Waals surface area contributed by atoms with E-state index in [1.165, 1.54) is 13.0 Å². The van der Waals surface area contributed by atoms with Gasteiger partial charge < -0.3 is 5.32 Å². The van der Waals surface area contributed by atoms with Gasteiger partial charge in [-0.15, -0.1) is 0 Å². The Bertz CT molecular complexity index is 354. The van der Waals surface area contributed by atoms with Gasteiger partial charge in [-0.25, -0.2) is 4.39 Å². The number of anilines is 1. The second-order valence-electron chi connectivity index (χ2n) is 2.43. The van der Waals surface area contributed by atoms with Crippen molar-refractivity contribution in [1.82, 2.24) is 0 Å². The summed E-state index contributed by atoms with van der Waals surface area (Å²) in [4.78, 5) is 10.7. The third kappa shape index (κ3) is 2.57. The third-order valence-electron chi connectivity index (χ3n) is 1.32. The number of halogens is 3. The first-order valence-electron chi connectivity index (χ1n) is 3.43. The molecule has 0 spiro atoms. The monoisotopic (exact) mass is 221 g/mol. The molecule has 0 unspecified atom stereocenters. The zero-order valence-electron chi connectivity index (χ0n) is 6.70. The van der Waals surface area contributed by atoms with E-state index < -0.39 is 5.82 Å². The Kier molecular flexibility index (Phi) is 3.12. The molecule has 1 N–H and O–H groups in total. The summed E-state index contributed by atoms with van der Waals surface area (Å²) in [5.41, 5.74) is 0.306. The molecule has 0 aliphatic carbocycles. The highest BCUT2D eigenvalue weighted by atomic mass is 35.5. The number of hydrogen-bond acceptors (Lipinski definition) is 1. The smallest absolute Gasteiger partial charge is 0.221 e. The molecular formula is C8H6Cl2FNO. The first kappa shape index (κ1) is 10.3. The maximum atomic E-state index is 12.8. The van der Waals surface area contributed by atoms with E-state index in [1.54, 1.807) is 0 Å². The van der Waals surface area contributed by atoms with Gasteiger partial charge in [-0.05, 0) is 12.1 Å². The third-order valence-corrected chi connectivity index (χ3v) is 1.92. The molecule has 5 heteroatoms. The van der Waals surface area contributed by atoms with E-state index in [0.717, 1.165) is 6.07 Å². The van der Waals surface area contributed by atoms with E-state index in [4.69, 9.17) is 23.2 Å². The molecule has 0 atom stereocenters. The fraction of sp³-hybridized carbons (Fsp3) is 0.125. The Morgan fingerprint density at radius 3 is 2.54 bits per heavy atom. The Labute approximate surface area is 84.6 Å². The summed E-state index contributed by atoms with van der Waals surface area (Å²) < 4.78 is 12.8. The van der Waals surface area contributed by atoms with Gasteiger partial charge in [-0.2, -0.15) is 0 Å². The average Bonchev–Trinajstić information content (AvgIpc) is 1.99. The van der Waals surface area contributed by atoms with E-state index in [0.29, 0.717) is 5.69 Å². The fourth-order valence-corrected chi connectivity index (χ4v) is 1.17. The van der Waals surface area contributed by atoms with Crippen molar-refractivity contribution in [2.24, 2.45) is 0 Å². The summed E-state index contributed by atoms with van der Waals surface area (Å²) in [6, 6.07) is 2.32. The number of carbonyl (C=O) groups is 1. The molecule has 0 radical (unpaired) electrons. The molecular weight excluding hydrogens is 216 g/mol. The van der Waals surface area contributed by atoms with Crippen molar-refractivity contribution < 1.29 is 9.18 Å². The largest absolute Gasteiger partial charge is 0.325 e. The van der Waals surface area contributed by atoms with E-state index in [-0.39, 0.29) is 16.0 Å². The molecule has 0 aliphatic heterocycles. The Morgan fingerprint density at radius 1 is 1.38 bits per heavy atom. The molecule has 0 aromatic heterocycles. The van der Waals surface area contributed by atoms with Gasteiger partial charge in [0.1, 0.15) is 5.82 Å². The number of rotatable bonds is 1. The highest BCUT2D eigenvalue weighted by molar-refractivity contribution is 6.35. The summed E-state index contributed by atoms with van der Waals surface area (Å²) >= 11 is 11.1. The second kappa shape index (κ2) is 3.94. The molecule has 0 aliphatic rings. The first-order valence-corrected chi connectivity index (χ1v) is 4.18.